The Kier molecular flexibility index (Phi) is 4.26. The third kappa shape index (κ3) is 3.24. The molecule has 3 atom stereocenters. The average Bonchev–Trinajstić information content (AvgIpc) is 3.46. The maximum Gasteiger partial charge on any atom is 0.258 e. The van der Waals surface area contributed by atoms with E-state index in [1.165, 1.54) is 4.80 Å². The van der Waals surface area contributed by atoms with Gasteiger partial charge in [-0.2, -0.15) is 10.2 Å². The first kappa shape index (κ1) is 17.8. The maximum atomic E-state index is 13.5. The van der Waals surface area contributed by atoms with Gasteiger partial charge in [-0.15, -0.1) is 4.80 Å². The van der Waals surface area contributed by atoms with Gasteiger partial charge in [0.25, 0.3) is 5.91 Å². The average molecular weight is 390 g/mol. The van der Waals surface area contributed by atoms with Crippen LogP contribution in [-0.2, 0) is 0 Å². The zero-order chi connectivity index (χ0) is 20.0. The van der Waals surface area contributed by atoms with Crippen LogP contribution in [0, 0.1) is 19.8 Å². The molecule has 2 aliphatic rings. The molecular formula is C21H22N6O2. The number of ether oxygens (including phenoxy) is 1. The van der Waals surface area contributed by atoms with Gasteiger partial charge in [0.2, 0.25) is 5.88 Å². The Morgan fingerprint density at radius 1 is 1.10 bits per heavy atom. The highest BCUT2D eigenvalue weighted by Crippen LogP contribution is 2.40. The molecule has 1 aliphatic heterocycles. The summed E-state index contributed by atoms with van der Waals surface area (Å²) in [6.07, 6.45) is 6.81. The molecule has 2 bridgehead atoms. The molecule has 0 N–H and O–H groups in total. The summed E-state index contributed by atoms with van der Waals surface area (Å²) in [6.45, 7) is 4.62. The summed E-state index contributed by atoms with van der Waals surface area (Å²) in [6, 6.07) is 7.57. The number of aromatic nitrogens is 5. The van der Waals surface area contributed by atoms with Crippen molar-refractivity contribution in [3.63, 3.8) is 0 Å². The van der Waals surface area contributed by atoms with E-state index in [2.05, 4.69) is 20.2 Å². The normalized spacial score (nSPS) is 22.8. The molecule has 148 valence electrons. The molecule has 1 saturated carbocycles. The number of carbonyl (C=O) groups is 1. The number of fused-ring (bicyclic) bond motifs is 2. The van der Waals surface area contributed by atoms with Crippen LogP contribution in [0.5, 0.6) is 5.88 Å². The topological polar surface area (TPSA) is 86.0 Å². The van der Waals surface area contributed by atoms with E-state index in [1.807, 2.05) is 43.0 Å². The minimum absolute atomic E-state index is 0.0373. The number of likely N-dealkylation sites (tertiary alicyclic amines) is 1. The van der Waals surface area contributed by atoms with E-state index in [4.69, 9.17) is 4.74 Å². The largest absolute Gasteiger partial charge is 0.472 e. The lowest BCUT2D eigenvalue weighted by molar-refractivity contribution is 0.0466. The van der Waals surface area contributed by atoms with Crippen molar-refractivity contribution in [3.05, 3.63) is 59.7 Å². The number of rotatable bonds is 4. The molecule has 1 saturated heterocycles. The molecule has 8 nitrogen and oxygen atoms in total. The molecule has 5 rings (SSSR count). The van der Waals surface area contributed by atoms with Crippen LogP contribution in [0.2, 0.25) is 0 Å². The first-order chi connectivity index (χ1) is 14.1. The SMILES string of the molecule is Cc1ccc(OC2CC3CC2N(C(=O)c2ccc(C)nc2-n2nccn2)C3)nc1. The molecule has 8 heteroatoms. The molecule has 3 unspecified atom stereocenters. The highest BCUT2D eigenvalue weighted by Gasteiger charge is 2.48. The highest BCUT2D eigenvalue weighted by molar-refractivity contribution is 5.97. The highest BCUT2D eigenvalue weighted by atomic mass is 16.5. The van der Waals surface area contributed by atoms with Crippen molar-refractivity contribution in [1.29, 1.82) is 0 Å². The van der Waals surface area contributed by atoms with E-state index >= 15 is 0 Å². The standard InChI is InChI=1S/C21H22N6O2/c1-13-3-6-19(22-11-13)29-18-10-15-9-17(18)26(12-15)21(28)16-5-4-14(2)25-20(16)27-23-7-8-24-27/h3-8,11,15,17-18H,9-10,12H2,1-2H3. The molecule has 1 aliphatic carbocycles. The summed E-state index contributed by atoms with van der Waals surface area (Å²) in [5.41, 5.74) is 2.41. The summed E-state index contributed by atoms with van der Waals surface area (Å²) < 4.78 is 6.15. The number of carbonyl (C=O) groups excluding carboxylic acids is 1. The zero-order valence-electron chi connectivity index (χ0n) is 16.4. The molecule has 1 amide bonds. The quantitative estimate of drug-likeness (QED) is 0.680. The van der Waals surface area contributed by atoms with Crippen molar-refractivity contribution in [3.8, 4) is 11.7 Å². The number of nitrogens with zero attached hydrogens (tertiary/aromatic N) is 6. The maximum absolute atomic E-state index is 13.5. The smallest absolute Gasteiger partial charge is 0.258 e. The summed E-state index contributed by atoms with van der Waals surface area (Å²) in [7, 11) is 0. The summed E-state index contributed by atoms with van der Waals surface area (Å²) in [5.74, 6) is 1.46. The number of amides is 1. The fourth-order valence-electron chi connectivity index (χ4n) is 4.35. The molecule has 0 aromatic carbocycles. The van der Waals surface area contributed by atoms with Gasteiger partial charge in [0.1, 0.15) is 6.10 Å². The van der Waals surface area contributed by atoms with Gasteiger partial charge < -0.3 is 9.64 Å². The fourth-order valence-corrected chi connectivity index (χ4v) is 4.35. The van der Waals surface area contributed by atoms with E-state index in [9.17, 15) is 4.79 Å². The molecule has 0 radical (unpaired) electrons. The van der Waals surface area contributed by atoms with Gasteiger partial charge >= 0.3 is 0 Å². The lowest BCUT2D eigenvalue weighted by Crippen LogP contribution is -2.47. The lowest BCUT2D eigenvalue weighted by atomic mass is 10.1. The second-order valence-corrected chi connectivity index (χ2v) is 7.83. The molecule has 3 aromatic heterocycles. The second-order valence-electron chi connectivity index (χ2n) is 7.83. The summed E-state index contributed by atoms with van der Waals surface area (Å²) in [5, 5.41) is 8.32. The van der Waals surface area contributed by atoms with E-state index in [-0.39, 0.29) is 18.1 Å². The zero-order valence-corrected chi connectivity index (χ0v) is 16.4. The second kappa shape index (κ2) is 6.95. The summed E-state index contributed by atoms with van der Waals surface area (Å²) >= 11 is 0. The summed E-state index contributed by atoms with van der Waals surface area (Å²) in [4.78, 5) is 25.6. The molecule has 2 fully saturated rings. The van der Waals surface area contributed by atoms with Gasteiger partial charge in [0.05, 0.1) is 24.0 Å². The number of pyridine rings is 2. The fraction of sp³-hybridized carbons (Fsp3) is 0.381. The van der Waals surface area contributed by atoms with Gasteiger partial charge in [-0.05, 0) is 50.3 Å². The Bertz CT molecular complexity index is 1030. The minimum Gasteiger partial charge on any atom is -0.472 e. The third-order valence-electron chi connectivity index (χ3n) is 5.70. The van der Waals surface area contributed by atoms with Crippen molar-refractivity contribution >= 4 is 5.91 Å². The Labute approximate surface area is 168 Å². The van der Waals surface area contributed by atoms with Gasteiger partial charge in [-0.1, -0.05) is 6.07 Å². The molecule has 3 aromatic rings. The monoisotopic (exact) mass is 390 g/mol. The lowest BCUT2D eigenvalue weighted by Gasteiger charge is -2.33. The van der Waals surface area contributed by atoms with Crippen LogP contribution in [0.25, 0.3) is 5.82 Å². The van der Waals surface area contributed by atoms with Crippen molar-refractivity contribution in [1.82, 2.24) is 29.9 Å². The first-order valence-electron chi connectivity index (χ1n) is 9.83. The van der Waals surface area contributed by atoms with E-state index in [0.29, 0.717) is 23.2 Å². The first-order valence-corrected chi connectivity index (χ1v) is 9.83. The van der Waals surface area contributed by atoms with Gasteiger partial charge in [0.15, 0.2) is 5.82 Å². The predicted molar refractivity (Wildman–Crippen MR) is 105 cm³/mol. The number of aryl methyl sites for hydroxylation is 2. The molecule has 4 heterocycles. The Morgan fingerprint density at radius 3 is 2.66 bits per heavy atom. The van der Waals surface area contributed by atoms with Crippen molar-refractivity contribution in [2.24, 2.45) is 5.92 Å². The van der Waals surface area contributed by atoms with E-state index < -0.39 is 0 Å². The van der Waals surface area contributed by atoms with Crippen molar-refractivity contribution < 1.29 is 9.53 Å². The van der Waals surface area contributed by atoms with Crippen LogP contribution in [0.3, 0.4) is 0 Å². The molecule has 0 spiro atoms. The van der Waals surface area contributed by atoms with Crippen LogP contribution in [0.1, 0.15) is 34.5 Å². The van der Waals surface area contributed by atoms with E-state index in [1.54, 1.807) is 18.6 Å². The van der Waals surface area contributed by atoms with Crippen LogP contribution >= 0.6 is 0 Å². The van der Waals surface area contributed by atoms with Gasteiger partial charge in [0, 0.05) is 24.5 Å². The van der Waals surface area contributed by atoms with Crippen LogP contribution in [0.15, 0.2) is 42.9 Å². The third-order valence-corrected chi connectivity index (χ3v) is 5.70. The van der Waals surface area contributed by atoms with Gasteiger partial charge in [-0.25, -0.2) is 9.97 Å². The molecule has 29 heavy (non-hydrogen) atoms. The van der Waals surface area contributed by atoms with Crippen LogP contribution in [0.4, 0.5) is 0 Å². The molecular weight excluding hydrogens is 368 g/mol. The van der Waals surface area contributed by atoms with Gasteiger partial charge in [-0.3, -0.25) is 4.79 Å². The minimum atomic E-state index is -0.0533. The number of piperidine rings is 1. The Balaban J connectivity index is 1.40. The Hall–Kier alpha value is -3.29. The van der Waals surface area contributed by atoms with Crippen LogP contribution in [-0.4, -0.2) is 54.5 Å². The van der Waals surface area contributed by atoms with Crippen molar-refractivity contribution in [2.75, 3.05) is 6.54 Å². The predicted octanol–water partition coefficient (Wildman–Crippen LogP) is 2.36. The Morgan fingerprint density at radius 2 is 1.93 bits per heavy atom. The number of hydrogen-bond donors (Lipinski definition) is 0. The van der Waals surface area contributed by atoms with Crippen LogP contribution < -0.4 is 4.74 Å². The number of hydrogen-bond acceptors (Lipinski definition) is 6. The van der Waals surface area contributed by atoms with Crippen molar-refractivity contribution in [2.45, 2.75) is 38.8 Å². The van der Waals surface area contributed by atoms with E-state index in [0.717, 1.165) is 30.6 Å².